The molecule has 0 saturated carbocycles. The van der Waals surface area contributed by atoms with Crippen molar-refractivity contribution in [2.24, 2.45) is 0 Å². The molecule has 6 nitrogen and oxygen atoms in total. The molecule has 0 bridgehead atoms. The average Bonchev–Trinajstić information content (AvgIpc) is 2.62. The number of benzene rings is 2. The number of rotatable bonds is 9. The third-order valence-corrected chi connectivity index (χ3v) is 5.08. The van der Waals surface area contributed by atoms with Gasteiger partial charge in [0, 0.05) is 6.54 Å². The molecule has 0 spiro atoms. The fraction of sp³-hybridized carbons (Fsp3) is 0.278. The summed E-state index contributed by atoms with van der Waals surface area (Å²) in [7, 11) is -2.08. The van der Waals surface area contributed by atoms with Crippen LogP contribution in [0.5, 0.6) is 5.75 Å². The van der Waals surface area contributed by atoms with E-state index in [1.807, 2.05) is 0 Å². The van der Waals surface area contributed by atoms with Crippen LogP contribution in [0.3, 0.4) is 0 Å². The minimum absolute atomic E-state index is 0.0221. The summed E-state index contributed by atoms with van der Waals surface area (Å²) < 4.78 is 54.2. The Morgan fingerprint density at radius 2 is 1.70 bits per heavy atom. The minimum Gasteiger partial charge on any atom is -0.435 e. The predicted molar refractivity (Wildman–Crippen MR) is 96.8 cm³/mol. The molecular weight excluding hydrogens is 378 g/mol. The Kier molecular flexibility index (Phi) is 7.26. The summed E-state index contributed by atoms with van der Waals surface area (Å²) in [4.78, 5) is 12.1. The first-order valence-corrected chi connectivity index (χ1v) is 9.73. The van der Waals surface area contributed by atoms with E-state index < -0.39 is 16.6 Å². The smallest absolute Gasteiger partial charge is 0.387 e. The number of ether oxygens (including phenoxy) is 1. The van der Waals surface area contributed by atoms with Crippen molar-refractivity contribution in [2.45, 2.75) is 25.3 Å². The van der Waals surface area contributed by atoms with Crippen LogP contribution in [-0.4, -0.2) is 28.0 Å². The second-order valence-corrected chi connectivity index (χ2v) is 7.63. The van der Waals surface area contributed by atoms with E-state index in [9.17, 15) is 22.0 Å². The lowest BCUT2D eigenvalue weighted by Gasteiger charge is -2.11. The first kappa shape index (κ1) is 20.8. The van der Waals surface area contributed by atoms with Gasteiger partial charge in [0.25, 0.3) is 0 Å². The minimum atomic E-state index is -3.42. The first-order valence-electron chi connectivity index (χ1n) is 8.07. The zero-order chi connectivity index (χ0) is 19.9. The Balaban J connectivity index is 1.94. The molecule has 9 heteroatoms. The van der Waals surface area contributed by atoms with Crippen LogP contribution in [0.2, 0.25) is 0 Å². The molecule has 146 valence electrons. The molecule has 1 amide bonds. The number of carbonyl (C=O) groups excluding carboxylic acids is 1. The Morgan fingerprint density at radius 3 is 2.30 bits per heavy atom. The molecule has 2 aromatic rings. The van der Waals surface area contributed by atoms with Crippen LogP contribution in [0, 0.1) is 0 Å². The summed E-state index contributed by atoms with van der Waals surface area (Å²) in [6.45, 7) is -2.72. The molecule has 2 aromatic carbocycles. The van der Waals surface area contributed by atoms with Crippen molar-refractivity contribution >= 4 is 15.9 Å². The molecule has 0 radical (unpaired) electrons. The van der Waals surface area contributed by atoms with Crippen molar-refractivity contribution in [3.8, 4) is 5.75 Å². The van der Waals surface area contributed by atoms with Gasteiger partial charge in [0.2, 0.25) is 15.9 Å². The molecule has 0 fully saturated rings. The van der Waals surface area contributed by atoms with E-state index in [1.54, 1.807) is 24.3 Å². The molecule has 2 N–H and O–H groups in total. The Labute approximate surface area is 156 Å². The molecule has 2 rings (SSSR count). The van der Waals surface area contributed by atoms with Crippen LogP contribution in [0.4, 0.5) is 8.78 Å². The molecule has 0 aliphatic carbocycles. The highest BCUT2D eigenvalue weighted by molar-refractivity contribution is 7.88. The van der Waals surface area contributed by atoms with Crippen LogP contribution >= 0.6 is 0 Å². The molecule has 0 atom stereocenters. The molecule has 0 saturated heterocycles. The number of hydrogen-bond donors (Lipinski definition) is 2. The van der Waals surface area contributed by atoms with Gasteiger partial charge in [0.05, 0.1) is 12.2 Å². The molecule has 0 aliphatic heterocycles. The van der Waals surface area contributed by atoms with Crippen LogP contribution in [0.25, 0.3) is 0 Å². The summed E-state index contributed by atoms with van der Waals surface area (Å²) in [5.41, 5.74) is 1.94. The normalized spacial score (nSPS) is 11.4. The number of nitrogens with one attached hydrogen (secondary N) is 2. The first-order chi connectivity index (χ1) is 12.8. The fourth-order valence-electron chi connectivity index (χ4n) is 2.38. The highest BCUT2D eigenvalue weighted by Crippen LogP contribution is 2.15. The van der Waals surface area contributed by atoms with Crippen molar-refractivity contribution in [3.05, 3.63) is 65.2 Å². The van der Waals surface area contributed by atoms with Gasteiger partial charge >= 0.3 is 6.61 Å². The van der Waals surface area contributed by atoms with E-state index in [0.29, 0.717) is 16.7 Å². The summed E-state index contributed by atoms with van der Waals surface area (Å²) >= 11 is 0. The van der Waals surface area contributed by atoms with Gasteiger partial charge in [0.15, 0.2) is 0 Å². The second kappa shape index (κ2) is 9.43. The monoisotopic (exact) mass is 398 g/mol. The van der Waals surface area contributed by atoms with E-state index in [4.69, 9.17) is 0 Å². The third-order valence-electron chi connectivity index (χ3n) is 3.76. The summed E-state index contributed by atoms with van der Waals surface area (Å²) in [5.74, 6) is -0.432. The highest BCUT2D eigenvalue weighted by Gasteiger charge is 2.13. The highest BCUT2D eigenvalue weighted by atomic mass is 32.2. The maximum atomic E-state index is 12.1. The van der Waals surface area contributed by atoms with Crippen LogP contribution < -0.4 is 14.8 Å². The zero-order valence-electron chi connectivity index (χ0n) is 14.6. The number of hydrogen-bond acceptors (Lipinski definition) is 4. The Morgan fingerprint density at radius 1 is 1.07 bits per heavy atom. The van der Waals surface area contributed by atoms with Crippen LogP contribution in [0.15, 0.2) is 48.5 Å². The van der Waals surface area contributed by atoms with Gasteiger partial charge in [-0.1, -0.05) is 36.4 Å². The van der Waals surface area contributed by atoms with E-state index in [1.165, 1.54) is 31.3 Å². The maximum absolute atomic E-state index is 12.1. The zero-order valence-corrected chi connectivity index (χ0v) is 15.4. The lowest BCUT2D eigenvalue weighted by atomic mass is 10.1. The standard InChI is InChI=1S/C18H20F2N2O4S/c1-21-27(24,25)12-15-5-3-2-4-14(15)11-22-17(23)10-13-6-8-16(9-7-13)26-18(19)20/h2-9,18,21H,10-12H2,1H3,(H,22,23). The summed E-state index contributed by atoms with van der Waals surface area (Å²) in [6, 6.07) is 12.7. The molecule has 0 aromatic heterocycles. The summed E-state index contributed by atoms with van der Waals surface area (Å²) in [6.07, 6.45) is 0.0614. The van der Waals surface area contributed by atoms with Gasteiger partial charge in [-0.3, -0.25) is 4.79 Å². The third kappa shape index (κ3) is 6.95. The van der Waals surface area contributed by atoms with Crippen LogP contribution in [0.1, 0.15) is 16.7 Å². The van der Waals surface area contributed by atoms with Crippen molar-refractivity contribution in [2.75, 3.05) is 7.05 Å². The van der Waals surface area contributed by atoms with Crippen molar-refractivity contribution in [1.82, 2.24) is 10.0 Å². The number of carbonyl (C=O) groups is 1. The van der Waals surface area contributed by atoms with Gasteiger partial charge in [-0.15, -0.1) is 0 Å². The Hall–Kier alpha value is -2.52. The van der Waals surface area contributed by atoms with E-state index in [-0.39, 0.29) is 30.4 Å². The van der Waals surface area contributed by atoms with Crippen molar-refractivity contribution < 1.29 is 26.7 Å². The van der Waals surface area contributed by atoms with Gasteiger partial charge in [-0.05, 0) is 35.9 Å². The van der Waals surface area contributed by atoms with Crippen molar-refractivity contribution in [1.29, 1.82) is 0 Å². The number of amides is 1. The molecule has 0 unspecified atom stereocenters. The lowest BCUT2D eigenvalue weighted by Crippen LogP contribution is -2.26. The van der Waals surface area contributed by atoms with E-state index in [2.05, 4.69) is 14.8 Å². The molecular formula is C18H20F2N2O4S. The van der Waals surface area contributed by atoms with Gasteiger partial charge in [-0.25, -0.2) is 13.1 Å². The number of sulfonamides is 1. The number of alkyl halides is 2. The largest absolute Gasteiger partial charge is 0.435 e. The van der Waals surface area contributed by atoms with Gasteiger partial charge < -0.3 is 10.1 Å². The van der Waals surface area contributed by atoms with Crippen molar-refractivity contribution in [3.63, 3.8) is 0 Å². The van der Waals surface area contributed by atoms with E-state index >= 15 is 0 Å². The summed E-state index contributed by atoms with van der Waals surface area (Å²) in [5, 5.41) is 2.73. The molecule has 27 heavy (non-hydrogen) atoms. The topological polar surface area (TPSA) is 84.5 Å². The molecule has 0 heterocycles. The van der Waals surface area contributed by atoms with Gasteiger partial charge in [0.1, 0.15) is 5.75 Å². The van der Waals surface area contributed by atoms with Gasteiger partial charge in [-0.2, -0.15) is 8.78 Å². The Bertz CT molecular complexity index is 871. The van der Waals surface area contributed by atoms with E-state index in [0.717, 1.165) is 0 Å². The maximum Gasteiger partial charge on any atom is 0.387 e. The average molecular weight is 398 g/mol. The molecule has 0 aliphatic rings. The predicted octanol–water partition coefficient (Wildman–Crippen LogP) is 2.20. The lowest BCUT2D eigenvalue weighted by molar-refractivity contribution is -0.120. The second-order valence-electron chi connectivity index (χ2n) is 5.71. The fourth-order valence-corrected chi connectivity index (χ4v) is 3.21. The quantitative estimate of drug-likeness (QED) is 0.678. The number of halogens is 2. The van der Waals surface area contributed by atoms with Crippen LogP contribution in [-0.2, 0) is 33.5 Å². The SMILES string of the molecule is CNS(=O)(=O)Cc1ccccc1CNC(=O)Cc1ccc(OC(F)F)cc1.